The van der Waals surface area contributed by atoms with E-state index >= 15 is 0 Å². The molecule has 3 N–H and O–H groups in total. The summed E-state index contributed by atoms with van der Waals surface area (Å²) in [7, 11) is 1.66. The molecule has 0 unspecified atom stereocenters. The van der Waals surface area contributed by atoms with Crippen molar-refractivity contribution in [2.45, 2.75) is 56.9 Å². The van der Waals surface area contributed by atoms with E-state index < -0.39 is 0 Å². The number of carbonyl (C=O) groups excluding carboxylic acids is 1. The van der Waals surface area contributed by atoms with Gasteiger partial charge in [-0.05, 0) is 73.8 Å². The zero-order valence-electron chi connectivity index (χ0n) is 16.4. The molecule has 1 aliphatic rings. The molecular formula is C23H29NO4. The van der Waals surface area contributed by atoms with E-state index in [9.17, 15) is 15.0 Å². The maximum absolute atomic E-state index is 12.3. The SMILES string of the molecule is COc1cccc(CCCC(=O)NC2CCC(c3ccc(O)cc3O)CC2)c1. The Hall–Kier alpha value is -2.69. The molecule has 5 heteroatoms. The fourth-order valence-electron chi connectivity index (χ4n) is 4.01. The summed E-state index contributed by atoms with van der Waals surface area (Å²) >= 11 is 0. The summed E-state index contributed by atoms with van der Waals surface area (Å²) in [6, 6.07) is 13.0. The molecule has 0 atom stereocenters. The number of phenolic OH excluding ortho intramolecular Hbond substituents is 2. The van der Waals surface area contributed by atoms with Crippen LogP contribution in [0.25, 0.3) is 0 Å². The number of methoxy groups -OCH3 is 1. The molecule has 1 fully saturated rings. The van der Waals surface area contributed by atoms with Crippen molar-refractivity contribution in [3.8, 4) is 17.2 Å². The lowest BCUT2D eigenvalue weighted by molar-refractivity contribution is -0.122. The van der Waals surface area contributed by atoms with E-state index in [1.54, 1.807) is 19.2 Å². The number of benzene rings is 2. The third-order valence-corrected chi connectivity index (χ3v) is 5.55. The van der Waals surface area contributed by atoms with E-state index in [2.05, 4.69) is 11.4 Å². The Bertz CT molecular complexity index is 797. The first-order valence-electron chi connectivity index (χ1n) is 9.99. The first-order chi connectivity index (χ1) is 13.5. The molecule has 0 heterocycles. The Labute approximate surface area is 166 Å². The lowest BCUT2D eigenvalue weighted by Gasteiger charge is -2.29. The van der Waals surface area contributed by atoms with Gasteiger partial charge in [0.2, 0.25) is 5.91 Å². The lowest BCUT2D eigenvalue weighted by Crippen LogP contribution is -2.37. The van der Waals surface area contributed by atoms with E-state index in [0.717, 1.165) is 49.8 Å². The number of nitrogens with one attached hydrogen (secondary N) is 1. The standard InChI is InChI=1S/C23H29NO4/c1-28-20-6-2-4-16(14-20)5-3-7-23(27)24-18-10-8-17(9-11-18)21-13-12-19(25)15-22(21)26/h2,4,6,12-15,17-18,25-26H,3,5,7-11H2,1H3,(H,24,27). The molecule has 0 bridgehead atoms. The van der Waals surface area contributed by atoms with Gasteiger partial charge in [-0.1, -0.05) is 18.2 Å². The second-order valence-electron chi connectivity index (χ2n) is 7.56. The molecule has 3 rings (SSSR count). The van der Waals surface area contributed by atoms with E-state index in [1.165, 1.54) is 11.6 Å². The van der Waals surface area contributed by atoms with Crippen molar-refractivity contribution in [3.05, 3.63) is 53.6 Å². The predicted molar refractivity (Wildman–Crippen MR) is 109 cm³/mol. The highest BCUT2D eigenvalue weighted by Gasteiger charge is 2.25. The summed E-state index contributed by atoms with van der Waals surface area (Å²) in [6.07, 6.45) is 5.86. The van der Waals surface area contributed by atoms with Crippen molar-refractivity contribution in [1.29, 1.82) is 0 Å². The van der Waals surface area contributed by atoms with E-state index in [-0.39, 0.29) is 29.4 Å². The molecule has 2 aromatic rings. The van der Waals surface area contributed by atoms with Gasteiger partial charge < -0.3 is 20.3 Å². The Morgan fingerprint density at radius 3 is 2.61 bits per heavy atom. The van der Waals surface area contributed by atoms with Crippen LogP contribution < -0.4 is 10.1 Å². The summed E-state index contributed by atoms with van der Waals surface area (Å²) in [4.78, 5) is 12.3. The number of amides is 1. The average molecular weight is 383 g/mol. The van der Waals surface area contributed by atoms with Crippen LogP contribution in [0.1, 0.15) is 55.6 Å². The number of carbonyl (C=O) groups is 1. The Morgan fingerprint density at radius 1 is 1.11 bits per heavy atom. The summed E-state index contributed by atoms with van der Waals surface area (Å²) in [6.45, 7) is 0. The highest BCUT2D eigenvalue weighted by Crippen LogP contribution is 2.38. The minimum Gasteiger partial charge on any atom is -0.508 e. The number of aromatic hydroxyl groups is 2. The van der Waals surface area contributed by atoms with Gasteiger partial charge >= 0.3 is 0 Å². The zero-order valence-corrected chi connectivity index (χ0v) is 16.4. The molecule has 0 radical (unpaired) electrons. The highest BCUT2D eigenvalue weighted by molar-refractivity contribution is 5.76. The molecule has 0 aliphatic heterocycles. The molecule has 0 spiro atoms. The van der Waals surface area contributed by atoms with Crippen molar-refractivity contribution in [3.63, 3.8) is 0 Å². The van der Waals surface area contributed by atoms with Gasteiger partial charge in [-0.2, -0.15) is 0 Å². The molecular weight excluding hydrogens is 354 g/mol. The highest BCUT2D eigenvalue weighted by atomic mass is 16.5. The number of hydrogen-bond acceptors (Lipinski definition) is 4. The van der Waals surface area contributed by atoms with E-state index in [0.29, 0.717) is 6.42 Å². The van der Waals surface area contributed by atoms with Crippen LogP contribution >= 0.6 is 0 Å². The van der Waals surface area contributed by atoms with Crippen LogP contribution in [0.3, 0.4) is 0 Å². The largest absolute Gasteiger partial charge is 0.508 e. The van der Waals surface area contributed by atoms with Gasteiger partial charge in [0.1, 0.15) is 17.2 Å². The second kappa shape index (κ2) is 9.49. The molecule has 150 valence electrons. The van der Waals surface area contributed by atoms with Gasteiger partial charge in [0.05, 0.1) is 7.11 Å². The first-order valence-corrected chi connectivity index (χ1v) is 9.99. The van der Waals surface area contributed by atoms with Crippen molar-refractivity contribution in [2.24, 2.45) is 0 Å². The van der Waals surface area contributed by atoms with Crippen LogP contribution in [0.2, 0.25) is 0 Å². The summed E-state index contributed by atoms with van der Waals surface area (Å²) in [5.74, 6) is 1.47. The molecule has 1 amide bonds. The lowest BCUT2D eigenvalue weighted by atomic mass is 9.81. The molecule has 28 heavy (non-hydrogen) atoms. The van der Waals surface area contributed by atoms with Crippen LogP contribution in [0.4, 0.5) is 0 Å². The average Bonchev–Trinajstić information content (AvgIpc) is 2.69. The van der Waals surface area contributed by atoms with Crippen molar-refractivity contribution in [1.82, 2.24) is 5.32 Å². The predicted octanol–water partition coefficient (Wildman–Crippen LogP) is 4.27. The van der Waals surface area contributed by atoms with Crippen LogP contribution in [0, 0.1) is 0 Å². The van der Waals surface area contributed by atoms with Crippen LogP contribution in [0.5, 0.6) is 17.2 Å². The maximum Gasteiger partial charge on any atom is 0.220 e. The fourth-order valence-corrected chi connectivity index (χ4v) is 4.01. The third kappa shape index (κ3) is 5.41. The minimum absolute atomic E-state index is 0.0798. The smallest absolute Gasteiger partial charge is 0.220 e. The van der Waals surface area contributed by atoms with Crippen molar-refractivity contribution in [2.75, 3.05) is 7.11 Å². The van der Waals surface area contributed by atoms with Gasteiger partial charge in [-0.15, -0.1) is 0 Å². The first kappa shape index (κ1) is 20.1. The Kier molecular flexibility index (Phi) is 6.80. The molecule has 2 aromatic carbocycles. The monoisotopic (exact) mass is 383 g/mol. The molecule has 0 aromatic heterocycles. The number of hydrogen-bond donors (Lipinski definition) is 3. The molecule has 1 aliphatic carbocycles. The van der Waals surface area contributed by atoms with Crippen LogP contribution in [-0.4, -0.2) is 29.3 Å². The third-order valence-electron chi connectivity index (χ3n) is 5.55. The maximum atomic E-state index is 12.3. The van der Waals surface area contributed by atoms with Crippen molar-refractivity contribution < 1.29 is 19.7 Å². The summed E-state index contributed by atoms with van der Waals surface area (Å²) in [5.41, 5.74) is 2.07. The normalized spacial score (nSPS) is 19.2. The van der Waals surface area contributed by atoms with E-state index in [4.69, 9.17) is 4.74 Å². The molecule has 1 saturated carbocycles. The van der Waals surface area contributed by atoms with Gasteiger partial charge in [-0.25, -0.2) is 0 Å². The topological polar surface area (TPSA) is 78.8 Å². The van der Waals surface area contributed by atoms with Crippen LogP contribution in [0.15, 0.2) is 42.5 Å². The number of ether oxygens (including phenoxy) is 1. The second-order valence-corrected chi connectivity index (χ2v) is 7.56. The van der Waals surface area contributed by atoms with Gasteiger partial charge in [0.25, 0.3) is 0 Å². The Morgan fingerprint density at radius 2 is 1.89 bits per heavy atom. The number of aryl methyl sites for hydroxylation is 1. The number of rotatable bonds is 7. The summed E-state index contributed by atoms with van der Waals surface area (Å²) < 4.78 is 5.23. The fraction of sp³-hybridized carbons (Fsp3) is 0.435. The molecule has 5 nitrogen and oxygen atoms in total. The van der Waals surface area contributed by atoms with Gasteiger partial charge in [0.15, 0.2) is 0 Å². The van der Waals surface area contributed by atoms with E-state index in [1.807, 2.05) is 18.2 Å². The Balaban J connectivity index is 1.40. The van der Waals surface area contributed by atoms with Gasteiger partial charge in [0, 0.05) is 18.5 Å². The van der Waals surface area contributed by atoms with Crippen LogP contribution in [-0.2, 0) is 11.2 Å². The minimum atomic E-state index is 0.0798. The summed E-state index contributed by atoms with van der Waals surface area (Å²) in [5, 5.41) is 22.6. The zero-order chi connectivity index (χ0) is 19.9. The van der Waals surface area contributed by atoms with Crippen molar-refractivity contribution >= 4 is 5.91 Å². The molecule has 0 saturated heterocycles. The van der Waals surface area contributed by atoms with Gasteiger partial charge in [-0.3, -0.25) is 4.79 Å². The quantitative estimate of drug-likeness (QED) is 0.667. The number of phenols is 2.